The first-order chi connectivity index (χ1) is 11.7. The zero-order chi connectivity index (χ0) is 18.6. The topological polar surface area (TPSA) is 35.2 Å². The Kier molecular flexibility index (Phi) is 6.31. The summed E-state index contributed by atoms with van der Waals surface area (Å²) in [5.74, 6) is 6.19. The summed E-state index contributed by atoms with van der Waals surface area (Å²) in [4.78, 5) is 0.966. The summed E-state index contributed by atoms with van der Waals surface area (Å²) < 4.78 is 41.5. The van der Waals surface area contributed by atoms with Gasteiger partial charge in [0.25, 0.3) is 0 Å². The Morgan fingerprint density at radius 2 is 1.88 bits per heavy atom. The molecule has 0 heterocycles. The number of hydrogen-bond donors (Lipinski definition) is 1. The van der Waals surface area contributed by atoms with Crippen molar-refractivity contribution in [3.63, 3.8) is 0 Å². The third-order valence-electron chi connectivity index (χ3n) is 3.36. The van der Waals surface area contributed by atoms with Crippen LogP contribution >= 0.6 is 27.7 Å². The molecular formula is C18H15BrF3NOS. The van der Waals surface area contributed by atoms with Crippen molar-refractivity contribution in [1.29, 1.82) is 0 Å². The predicted octanol–water partition coefficient (Wildman–Crippen LogP) is 6.02. The third kappa shape index (κ3) is 5.10. The van der Waals surface area contributed by atoms with Gasteiger partial charge in [-0.25, -0.2) is 0 Å². The SMILES string of the molecule is CC#CCSc1c(C)c(-c2ccc(OC(F)(F)F)cc2)cc(N)c1Br. The fourth-order valence-electron chi connectivity index (χ4n) is 2.23. The third-order valence-corrected chi connectivity index (χ3v) is 5.57. The lowest BCUT2D eigenvalue weighted by molar-refractivity contribution is -0.274. The van der Waals surface area contributed by atoms with E-state index in [1.54, 1.807) is 36.9 Å². The van der Waals surface area contributed by atoms with Gasteiger partial charge in [-0.1, -0.05) is 18.1 Å². The number of thioether (sulfide) groups is 1. The second-order valence-electron chi connectivity index (χ2n) is 5.07. The second-order valence-corrected chi connectivity index (χ2v) is 6.85. The summed E-state index contributed by atoms with van der Waals surface area (Å²) in [6, 6.07) is 7.54. The van der Waals surface area contributed by atoms with Crippen molar-refractivity contribution < 1.29 is 17.9 Å². The molecule has 0 spiro atoms. The van der Waals surface area contributed by atoms with E-state index in [1.165, 1.54) is 12.1 Å². The highest BCUT2D eigenvalue weighted by atomic mass is 79.9. The van der Waals surface area contributed by atoms with Crippen LogP contribution in [0.3, 0.4) is 0 Å². The van der Waals surface area contributed by atoms with Crippen LogP contribution in [-0.4, -0.2) is 12.1 Å². The van der Waals surface area contributed by atoms with Gasteiger partial charge in [-0.15, -0.1) is 30.9 Å². The predicted molar refractivity (Wildman–Crippen MR) is 99.6 cm³/mol. The molecule has 25 heavy (non-hydrogen) atoms. The van der Waals surface area contributed by atoms with Crippen molar-refractivity contribution in [2.45, 2.75) is 25.1 Å². The molecule has 0 radical (unpaired) electrons. The molecule has 0 aliphatic carbocycles. The summed E-state index contributed by atoms with van der Waals surface area (Å²) in [6.45, 7) is 3.72. The maximum atomic E-state index is 12.3. The molecule has 132 valence electrons. The van der Waals surface area contributed by atoms with E-state index in [4.69, 9.17) is 5.73 Å². The van der Waals surface area contributed by atoms with Gasteiger partial charge in [0.15, 0.2) is 0 Å². The van der Waals surface area contributed by atoms with E-state index in [0.717, 1.165) is 26.1 Å². The van der Waals surface area contributed by atoms with Crippen LogP contribution in [0.1, 0.15) is 12.5 Å². The van der Waals surface area contributed by atoms with Gasteiger partial charge in [0.2, 0.25) is 0 Å². The number of hydrogen-bond acceptors (Lipinski definition) is 3. The zero-order valence-corrected chi connectivity index (χ0v) is 15.9. The molecule has 2 nitrogen and oxygen atoms in total. The summed E-state index contributed by atoms with van der Waals surface area (Å²) in [5.41, 5.74) is 9.23. The van der Waals surface area contributed by atoms with E-state index in [1.807, 2.05) is 6.92 Å². The van der Waals surface area contributed by atoms with Crippen LogP contribution in [0.15, 0.2) is 39.7 Å². The molecule has 0 bridgehead atoms. The Morgan fingerprint density at radius 3 is 2.44 bits per heavy atom. The normalized spacial score (nSPS) is 11.0. The molecule has 0 atom stereocenters. The molecule has 2 rings (SSSR count). The smallest absolute Gasteiger partial charge is 0.406 e. The molecule has 0 fully saturated rings. The maximum Gasteiger partial charge on any atom is 0.573 e. The number of halogens is 4. The van der Waals surface area contributed by atoms with Crippen molar-refractivity contribution in [2.24, 2.45) is 0 Å². The summed E-state index contributed by atoms with van der Waals surface area (Å²) >= 11 is 5.05. The molecule has 0 unspecified atom stereocenters. The first-order valence-corrected chi connectivity index (χ1v) is 8.98. The van der Waals surface area contributed by atoms with E-state index in [-0.39, 0.29) is 5.75 Å². The van der Waals surface area contributed by atoms with E-state index >= 15 is 0 Å². The van der Waals surface area contributed by atoms with Gasteiger partial charge in [0.05, 0.1) is 10.2 Å². The van der Waals surface area contributed by atoms with E-state index in [0.29, 0.717) is 11.4 Å². The highest BCUT2D eigenvalue weighted by Crippen LogP contribution is 2.41. The van der Waals surface area contributed by atoms with E-state index in [9.17, 15) is 13.2 Å². The van der Waals surface area contributed by atoms with Gasteiger partial charge in [-0.05, 0) is 64.7 Å². The summed E-state index contributed by atoms with van der Waals surface area (Å²) in [5, 5.41) is 0. The average molecular weight is 430 g/mol. The lowest BCUT2D eigenvalue weighted by atomic mass is 10.00. The Labute approximate surface area is 157 Å². The number of anilines is 1. The standard InChI is InChI=1S/C18H15BrF3NOS/c1-3-4-9-25-17-11(2)14(10-15(23)16(17)19)12-5-7-13(8-6-12)24-18(20,21)22/h5-8,10H,9,23H2,1-2H3. The molecular weight excluding hydrogens is 415 g/mol. The van der Waals surface area contributed by atoms with E-state index < -0.39 is 6.36 Å². The number of nitrogens with two attached hydrogens (primary N) is 1. The van der Waals surface area contributed by atoms with Crippen LogP contribution in [-0.2, 0) is 0 Å². The average Bonchev–Trinajstić information content (AvgIpc) is 2.54. The first-order valence-electron chi connectivity index (χ1n) is 7.20. The Balaban J connectivity index is 2.39. The quantitative estimate of drug-likeness (QED) is 0.366. The van der Waals surface area contributed by atoms with Crippen LogP contribution in [0.2, 0.25) is 0 Å². The fourth-order valence-corrected chi connectivity index (χ4v) is 3.92. The Morgan fingerprint density at radius 1 is 1.24 bits per heavy atom. The van der Waals surface area contributed by atoms with Crippen molar-refractivity contribution in [1.82, 2.24) is 0 Å². The lowest BCUT2D eigenvalue weighted by Gasteiger charge is -2.15. The second kappa shape index (κ2) is 8.07. The van der Waals surface area contributed by atoms with Crippen molar-refractivity contribution in [3.05, 3.63) is 40.4 Å². The highest BCUT2D eigenvalue weighted by Gasteiger charge is 2.31. The first kappa shape index (κ1) is 19.5. The molecule has 7 heteroatoms. The van der Waals surface area contributed by atoms with Crippen LogP contribution in [0.5, 0.6) is 5.75 Å². The molecule has 0 aliphatic rings. The maximum absolute atomic E-state index is 12.3. The molecule has 0 amide bonds. The summed E-state index contributed by atoms with van der Waals surface area (Å²) in [7, 11) is 0. The molecule has 2 aromatic rings. The van der Waals surface area contributed by atoms with E-state index in [2.05, 4.69) is 32.5 Å². The number of rotatable bonds is 4. The van der Waals surface area contributed by atoms with Crippen molar-refractivity contribution in [3.8, 4) is 28.7 Å². The Bertz CT molecular complexity index is 823. The fraction of sp³-hybridized carbons (Fsp3) is 0.222. The van der Waals surface area contributed by atoms with Crippen LogP contribution in [0.25, 0.3) is 11.1 Å². The number of alkyl halides is 3. The van der Waals surface area contributed by atoms with Gasteiger partial charge in [-0.3, -0.25) is 0 Å². The van der Waals surface area contributed by atoms with Crippen molar-refractivity contribution in [2.75, 3.05) is 11.5 Å². The zero-order valence-electron chi connectivity index (χ0n) is 13.5. The van der Waals surface area contributed by atoms with Gasteiger partial charge in [0, 0.05) is 10.6 Å². The number of ether oxygens (including phenoxy) is 1. The van der Waals surface area contributed by atoms with Crippen LogP contribution < -0.4 is 10.5 Å². The van der Waals surface area contributed by atoms with Gasteiger partial charge in [-0.2, -0.15) is 0 Å². The molecule has 0 saturated heterocycles. The highest BCUT2D eigenvalue weighted by molar-refractivity contribution is 9.10. The molecule has 0 aliphatic heterocycles. The minimum absolute atomic E-state index is 0.258. The number of nitrogen functional groups attached to an aromatic ring is 1. The van der Waals surface area contributed by atoms with Gasteiger partial charge in [0.1, 0.15) is 5.75 Å². The molecule has 2 aromatic carbocycles. The molecule has 2 N–H and O–H groups in total. The molecule has 0 saturated carbocycles. The minimum Gasteiger partial charge on any atom is -0.406 e. The largest absolute Gasteiger partial charge is 0.573 e. The van der Waals surface area contributed by atoms with Gasteiger partial charge < -0.3 is 10.5 Å². The monoisotopic (exact) mass is 429 g/mol. The van der Waals surface area contributed by atoms with Crippen LogP contribution in [0.4, 0.5) is 18.9 Å². The number of benzene rings is 2. The molecule has 0 aromatic heterocycles. The van der Waals surface area contributed by atoms with Gasteiger partial charge >= 0.3 is 6.36 Å². The minimum atomic E-state index is -4.70. The lowest BCUT2D eigenvalue weighted by Crippen LogP contribution is -2.16. The van der Waals surface area contributed by atoms with Crippen LogP contribution in [0, 0.1) is 18.8 Å². The van der Waals surface area contributed by atoms with Crippen molar-refractivity contribution >= 4 is 33.4 Å². The summed E-state index contributed by atoms with van der Waals surface area (Å²) in [6.07, 6.45) is -4.70. The Hall–Kier alpha value is -1.78.